The minimum Gasteiger partial charge on any atom is -0.463 e. The Morgan fingerprint density at radius 1 is 1.37 bits per heavy atom. The van der Waals surface area contributed by atoms with E-state index in [-0.39, 0.29) is 11.7 Å². The summed E-state index contributed by atoms with van der Waals surface area (Å²) < 4.78 is 10.1. The fraction of sp³-hybridized carbons (Fsp3) is 0.385. The molecule has 0 aliphatic heterocycles. The molecule has 0 spiro atoms. The molecule has 0 atom stereocenters. The number of ether oxygens (including phenoxy) is 2. The Bertz CT molecular complexity index is 508. The number of nitrogens with zero attached hydrogens (tertiary/aromatic N) is 1. The second-order valence-corrected chi connectivity index (χ2v) is 4.73. The molecule has 0 saturated heterocycles. The Kier molecular flexibility index (Phi) is 5.23. The highest BCUT2D eigenvalue weighted by atomic mass is 32.2. The van der Waals surface area contributed by atoms with Crippen molar-refractivity contribution in [3.8, 4) is 0 Å². The summed E-state index contributed by atoms with van der Waals surface area (Å²) in [4.78, 5) is 19.0. The van der Waals surface area contributed by atoms with Gasteiger partial charge in [-0.3, -0.25) is 4.79 Å². The molecule has 0 aliphatic rings. The summed E-state index contributed by atoms with van der Waals surface area (Å²) >= 11 is 1.34. The second-order valence-electron chi connectivity index (χ2n) is 3.77. The van der Waals surface area contributed by atoms with Crippen LogP contribution in [-0.4, -0.2) is 41.5 Å². The zero-order chi connectivity index (χ0) is 13.5. The van der Waals surface area contributed by atoms with Crippen molar-refractivity contribution in [2.45, 2.75) is 12.1 Å². The minimum atomic E-state index is -0.259. The van der Waals surface area contributed by atoms with Gasteiger partial charge in [-0.25, -0.2) is 4.98 Å². The van der Waals surface area contributed by atoms with Crippen LogP contribution in [0.25, 0.3) is 11.0 Å². The number of fused-ring (bicyclic) bond motifs is 1. The van der Waals surface area contributed by atoms with Gasteiger partial charge in [-0.05, 0) is 19.1 Å². The van der Waals surface area contributed by atoms with Crippen LogP contribution in [0.2, 0.25) is 0 Å². The molecule has 6 heteroatoms. The number of thioether (sulfide) groups is 1. The number of aromatic amines is 1. The standard InChI is InChI=1S/C13H16N2O3S/c1-2-17-7-8-18-12(16)9-19-13-14-10-5-3-4-6-11(10)15-13/h3-6H,2,7-9H2,1H3,(H,14,15). The van der Waals surface area contributed by atoms with E-state index in [1.165, 1.54) is 11.8 Å². The van der Waals surface area contributed by atoms with E-state index in [0.29, 0.717) is 19.8 Å². The molecular weight excluding hydrogens is 264 g/mol. The van der Waals surface area contributed by atoms with Gasteiger partial charge in [0.15, 0.2) is 5.16 Å². The summed E-state index contributed by atoms with van der Waals surface area (Å²) in [5.74, 6) is -0.0171. The van der Waals surface area contributed by atoms with Gasteiger partial charge in [-0.15, -0.1) is 0 Å². The monoisotopic (exact) mass is 280 g/mol. The highest BCUT2D eigenvalue weighted by molar-refractivity contribution is 7.99. The molecule has 19 heavy (non-hydrogen) atoms. The number of carbonyl (C=O) groups excluding carboxylic acids is 1. The van der Waals surface area contributed by atoms with Gasteiger partial charge in [-0.2, -0.15) is 0 Å². The van der Waals surface area contributed by atoms with Crippen LogP contribution in [0.3, 0.4) is 0 Å². The van der Waals surface area contributed by atoms with Crippen LogP contribution in [0.1, 0.15) is 6.92 Å². The lowest BCUT2D eigenvalue weighted by molar-refractivity contribution is -0.141. The number of para-hydroxylation sites is 2. The Hall–Kier alpha value is -1.53. The maximum Gasteiger partial charge on any atom is 0.316 e. The van der Waals surface area contributed by atoms with Crippen LogP contribution in [0, 0.1) is 0 Å². The number of aromatic nitrogens is 2. The van der Waals surface area contributed by atoms with Crippen molar-refractivity contribution in [1.29, 1.82) is 0 Å². The third-order valence-electron chi connectivity index (χ3n) is 2.39. The van der Waals surface area contributed by atoms with Crippen molar-refractivity contribution < 1.29 is 14.3 Å². The van der Waals surface area contributed by atoms with E-state index in [0.717, 1.165) is 16.2 Å². The van der Waals surface area contributed by atoms with Crippen molar-refractivity contribution in [2.75, 3.05) is 25.6 Å². The van der Waals surface area contributed by atoms with Gasteiger partial charge >= 0.3 is 5.97 Å². The number of benzene rings is 1. The van der Waals surface area contributed by atoms with E-state index >= 15 is 0 Å². The van der Waals surface area contributed by atoms with Crippen molar-refractivity contribution in [3.63, 3.8) is 0 Å². The smallest absolute Gasteiger partial charge is 0.316 e. The molecule has 0 fully saturated rings. The summed E-state index contributed by atoms with van der Waals surface area (Å²) in [6.45, 7) is 3.27. The quantitative estimate of drug-likeness (QED) is 0.478. The van der Waals surface area contributed by atoms with Crippen LogP contribution < -0.4 is 0 Å². The molecule has 1 aromatic heterocycles. The molecule has 0 unspecified atom stereocenters. The summed E-state index contributed by atoms with van der Waals surface area (Å²) in [6.07, 6.45) is 0. The molecular formula is C13H16N2O3S. The SMILES string of the molecule is CCOCCOC(=O)CSc1nc2ccccc2[nH]1. The lowest BCUT2D eigenvalue weighted by atomic mass is 10.3. The average molecular weight is 280 g/mol. The first-order valence-electron chi connectivity index (χ1n) is 6.10. The van der Waals surface area contributed by atoms with E-state index in [1.54, 1.807) is 0 Å². The predicted octanol–water partition coefficient (Wildman–Crippen LogP) is 2.23. The number of hydrogen-bond acceptors (Lipinski definition) is 5. The summed E-state index contributed by atoms with van der Waals surface area (Å²) in [6, 6.07) is 7.75. The number of H-pyrrole nitrogens is 1. The van der Waals surface area contributed by atoms with Crippen molar-refractivity contribution in [2.24, 2.45) is 0 Å². The number of imidazole rings is 1. The molecule has 2 aromatic rings. The Morgan fingerprint density at radius 3 is 3.00 bits per heavy atom. The van der Waals surface area contributed by atoms with E-state index in [9.17, 15) is 4.79 Å². The van der Waals surface area contributed by atoms with Crippen LogP contribution >= 0.6 is 11.8 Å². The molecule has 0 bridgehead atoms. The summed E-state index contributed by atoms with van der Waals surface area (Å²) in [7, 11) is 0. The first kappa shape index (κ1) is 13.9. The van der Waals surface area contributed by atoms with Crippen LogP contribution in [0.4, 0.5) is 0 Å². The maximum atomic E-state index is 11.5. The summed E-state index contributed by atoms with van der Waals surface area (Å²) in [5.41, 5.74) is 1.87. The fourth-order valence-corrected chi connectivity index (χ4v) is 2.21. The number of nitrogens with one attached hydrogen (secondary N) is 1. The highest BCUT2D eigenvalue weighted by Gasteiger charge is 2.07. The Balaban J connectivity index is 1.77. The van der Waals surface area contributed by atoms with Crippen molar-refractivity contribution in [3.05, 3.63) is 24.3 Å². The van der Waals surface area contributed by atoms with Crippen LogP contribution in [0.15, 0.2) is 29.4 Å². The van der Waals surface area contributed by atoms with Gasteiger partial charge in [0.1, 0.15) is 6.61 Å². The lowest BCUT2D eigenvalue weighted by Crippen LogP contribution is -2.12. The Labute approximate surface area is 115 Å². The van der Waals surface area contributed by atoms with E-state index in [2.05, 4.69) is 9.97 Å². The number of rotatable bonds is 7. The number of hydrogen-bond donors (Lipinski definition) is 1. The largest absolute Gasteiger partial charge is 0.463 e. The molecule has 0 amide bonds. The third-order valence-corrected chi connectivity index (χ3v) is 3.24. The van der Waals surface area contributed by atoms with Gasteiger partial charge in [-0.1, -0.05) is 23.9 Å². The van der Waals surface area contributed by atoms with Crippen molar-refractivity contribution in [1.82, 2.24) is 9.97 Å². The molecule has 0 aliphatic carbocycles. The fourth-order valence-electron chi connectivity index (χ4n) is 1.53. The number of esters is 1. The lowest BCUT2D eigenvalue weighted by Gasteiger charge is -2.03. The molecule has 2 rings (SSSR count). The van der Waals surface area contributed by atoms with E-state index in [4.69, 9.17) is 9.47 Å². The van der Waals surface area contributed by atoms with E-state index in [1.807, 2.05) is 31.2 Å². The Morgan fingerprint density at radius 2 is 2.21 bits per heavy atom. The molecule has 0 radical (unpaired) electrons. The van der Waals surface area contributed by atoms with Gasteiger partial charge in [0.2, 0.25) is 0 Å². The van der Waals surface area contributed by atoms with Gasteiger partial charge in [0.05, 0.1) is 23.4 Å². The average Bonchev–Trinajstić information content (AvgIpc) is 2.84. The van der Waals surface area contributed by atoms with Gasteiger partial charge in [0, 0.05) is 6.61 Å². The normalized spacial score (nSPS) is 10.8. The molecule has 1 aromatic carbocycles. The zero-order valence-corrected chi connectivity index (χ0v) is 11.5. The van der Waals surface area contributed by atoms with Crippen molar-refractivity contribution >= 4 is 28.8 Å². The maximum absolute atomic E-state index is 11.5. The molecule has 1 heterocycles. The first-order valence-corrected chi connectivity index (χ1v) is 7.09. The minimum absolute atomic E-state index is 0.242. The molecule has 5 nitrogen and oxygen atoms in total. The third kappa shape index (κ3) is 4.25. The second kappa shape index (κ2) is 7.16. The van der Waals surface area contributed by atoms with Crippen LogP contribution in [-0.2, 0) is 14.3 Å². The topological polar surface area (TPSA) is 64.2 Å². The number of carbonyl (C=O) groups is 1. The highest BCUT2D eigenvalue weighted by Crippen LogP contribution is 2.18. The zero-order valence-electron chi connectivity index (χ0n) is 10.7. The molecule has 102 valence electrons. The predicted molar refractivity (Wildman–Crippen MR) is 74.3 cm³/mol. The molecule has 1 N–H and O–H groups in total. The first-order chi connectivity index (χ1) is 9.29. The van der Waals surface area contributed by atoms with Gasteiger partial charge < -0.3 is 14.5 Å². The van der Waals surface area contributed by atoms with Crippen LogP contribution in [0.5, 0.6) is 0 Å². The van der Waals surface area contributed by atoms with Gasteiger partial charge in [0.25, 0.3) is 0 Å². The van der Waals surface area contributed by atoms with E-state index < -0.39 is 0 Å². The molecule has 0 saturated carbocycles. The summed E-state index contributed by atoms with van der Waals surface area (Å²) in [5, 5.41) is 0.725.